The van der Waals surface area contributed by atoms with Crippen LogP contribution >= 0.6 is 17.0 Å². The molecule has 0 aliphatic rings. The lowest BCUT2D eigenvalue weighted by Gasteiger charge is -1.82. The molecule has 0 unspecified atom stereocenters. The Bertz CT molecular complexity index is 175. The van der Waals surface area contributed by atoms with Gasteiger partial charge in [0.2, 0.25) is 0 Å². The van der Waals surface area contributed by atoms with Gasteiger partial charge in [-0.1, -0.05) is 35.9 Å². The van der Waals surface area contributed by atoms with Gasteiger partial charge in [0, 0.05) is 0 Å². The molecule has 3 heteroatoms. The van der Waals surface area contributed by atoms with E-state index in [1.54, 1.807) is 0 Å². The summed E-state index contributed by atoms with van der Waals surface area (Å²) in [5, 5.41) is 6.89. The van der Waals surface area contributed by atoms with E-state index in [4.69, 9.17) is 9.90 Å². The summed E-state index contributed by atoms with van der Waals surface area (Å²) in [6, 6.07) is 10.3. The molecule has 62 valence electrons. The molecule has 0 aromatic heterocycles. The van der Waals surface area contributed by atoms with E-state index in [1.165, 1.54) is 5.56 Å². The Labute approximate surface area is 76.6 Å². The minimum absolute atomic E-state index is 0. The Morgan fingerprint density at radius 2 is 1.64 bits per heavy atom. The van der Waals surface area contributed by atoms with Gasteiger partial charge in [0.15, 0.2) is 0 Å². The van der Waals surface area contributed by atoms with Crippen molar-refractivity contribution in [2.24, 2.45) is 0 Å². The van der Waals surface area contributed by atoms with Crippen LogP contribution in [0.5, 0.6) is 0 Å². The normalized spacial score (nSPS) is 6.64. The van der Waals surface area contributed by atoms with Gasteiger partial charge < -0.3 is 5.11 Å². The van der Waals surface area contributed by atoms with Crippen molar-refractivity contribution < 1.29 is 9.90 Å². The molecule has 2 nitrogen and oxygen atoms in total. The van der Waals surface area contributed by atoms with Gasteiger partial charge in [-0.2, -0.15) is 0 Å². The molecule has 0 saturated carbocycles. The number of carboxylic acid groups (broad SMARTS) is 1. The molecule has 1 rings (SSSR count). The van der Waals surface area contributed by atoms with Crippen molar-refractivity contribution in [2.75, 3.05) is 0 Å². The molecule has 0 spiro atoms. The van der Waals surface area contributed by atoms with Crippen LogP contribution in [0.4, 0.5) is 0 Å². The average molecular weight is 219 g/mol. The highest BCUT2D eigenvalue weighted by molar-refractivity contribution is 8.93. The molecule has 1 aromatic rings. The van der Waals surface area contributed by atoms with Gasteiger partial charge in [-0.25, -0.2) is 0 Å². The summed E-state index contributed by atoms with van der Waals surface area (Å²) in [7, 11) is 0. The topological polar surface area (TPSA) is 37.3 Å². The Kier molecular flexibility index (Phi) is 10.7. The molecule has 0 amide bonds. The first-order valence-electron chi connectivity index (χ1n) is 2.90. The Morgan fingerprint density at radius 1 is 1.27 bits per heavy atom. The van der Waals surface area contributed by atoms with Crippen molar-refractivity contribution in [3.8, 4) is 0 Å². The van der Waals surface area contributed by atoms with Crippen LogP contribution in [0.2, 0.25) is 0 Å². The first-order valence-corrected chi connectivity index (χ1v) is 2.90. The molecule has 1 aromatic carbocycles. The predicted octanol–water partition coefficient (Wildman–Crippen LogP) is 2.27. The van der Waals surface area contributed by atoms with Crippen molar-refractivity contribution in [2.45, 2.75) is 6.92 Å². The van der Waals surface area contributed by atoms with Gasteiger partial charge in [0.25, 0.3) is 6.47 Å². The average Bonchev–Trinajstić information content (AvgIpc) is 1.91. The van der Waals surface area contributed by atoms with Crippen LogP contribution < -0.4 is 0 Å². The number of halogens is 1. The number of hydrogen-bond acceptors (Lipinski definition) is 1. The number of rotatable bonds is 0. The zero-order chi connectivity index (χ0) is 7.82. The monoisotopic (exact) mass is 218 g/mol. The summed E-state index contributed by atoms with van der Waals surface area (Å²) < 4.78 is 0. The second kappa shape index (κ2) is 9.17. The van der Waals surface area contributed by atoms with Crippen LogP contribution in [0, 0.1) is 6.92 Å². The smallest absolute Gasteiger partial charge is 0.290 e. The lowest BCUT2D eigenvalue weighted by molar-refractivity contribution is -0.122. The summed E-state index contributed by atoms with van der Waals surface area (Å²) in [6.45, 7) is 1.83. The van der Waals surface area contributed by atoms with E-state index in [-0.39, 0.29) is 23.5 Å². The minimum Gasteiger partial charge on any atom is -0.483 e. The van der Waals surface area contributed by atoms with E-state index in [2.05, 4.69) is 19.1 Å². The summed E-state index contributed by atoms with van der Waals surface area (Å²) in [4.78, 5) is 8.36. The quantitative estimate of drug-likeness (QED) is 0.679. The number of benzene rings is 1. The molecule has 0 fully saturated rings. The Hall–Kier alpha value is -0.830. The van der Waals surface area contributed by atoms with Gasteiger partial charge in [-0.3, -0.25) is 4.79 Å². The van der Waals surface area contributed by atoms with E-state index in [9.17, 15) is 0 Å². The van der Waals surface area contributed by atoms with Crippen molar-refractivity contribution >= 4 is 23.5 Å². The summed E-state index contributed by atoms with van der Waals surface area (Å²) >= 11 is 0. The highest BCUT2D eigenvalue weighted by atomic mass is 79.9. The van der Waals surface area contributed by atoms with Crippen molar-refractivity contribution in [1.82, 2.24) is 0 Å². The molecule has 0 aliphatic heterocycles. The highest BCUT2D eigenvalue weighted by Gasteiger charge is 1.72. The van der Waals surface area contributed by atoms with Crippen LogP contribution in [-0.2, 0) is 4.79 Å². The number of aryl methyl sites for hydroxylation is 1. The lowest BCUT2D eigenvalue weighted by Crippen LogP contribution is -1.62. The molecule has 0 atom stereocenters. The molecule has 0 bridgehead atoms. The van der Waals surface area contributed by atoms with Gasteiger partial charge >= 0.3 is 0 Å². The third-order valence-corrected chi connectivity index (χ3v) is 0.940. The van der Waals surface area contributed by atoms with Crippen molar-refractivity contribution in [3.05, 3.63) is 35.9 Å². The van der Waals surface area contributed by atoms with Crippen molar-refractivity contribution in [1.29, 1.82) is 0 Å². The Balaban J connectivity index is 0. The largest absolute Gasteiger partial charge is 0.483 e. The molecule has 1 N–H and O–H groups in total. The first kappa shape index (κ1) is 12.8. The molecule has 0 saturated heterocycles. The second-order valence-corrected chi connectivity index (χ2v) is 1.76. The third kappa shape index (κ3) is 9.17. The molecular weight excluding hydrogens is 208 g/mol. The van der Waals surface area contributed by atoms with Gasteiger partial charge in [-0.05, 0) is 6.92 Å². The van der Waals surface area contributed by atoms with Crippen molar-refractivity contribution in [3.63, 3.8) is 0 Å². The third-order valence-electron chi connectivity index (χ3n) is 0.940. The molecule has 0 aliphatic carbocycles. The van der Waals surface area contributed by atoms with Crippen LogP contribution in [0.25, 0.3) is 0 Å². The van der Waals surface area contributed by atoms with E-state index in [1.807, 2.05) is 18.2 Å². The Morgan fingerprint density at radius 3 is 1.82 bits per heavy atom. The zero-order valence-electron chi connectivity index (χ0n) is 6.23. The number of hydrogen-bond donors (Lipinski definition) is 1. The first-order chi connectivity index (χ1) is 4.81. The standard InChI is InChI=1S/C7H8.CH2O2.BrH/c1-7-5-3-2-4-6-7;2-1-3;/h2-6H,1H3;1H,(H,2,3);1H. The molecule has 11 heavy (non-hydrogen) atoms. The highest BCUT2D eigenvalue weighted by Crippen LogP contribution is 1.92. The molecule has 0 heterocycles. The minimum atomic E-state index is -0.250. The summed E-state index contributed by atoms with van der Waals surface area (Å²) in [5.74, 6) is 0. The maximum absolute atomic E-state index is 8.36. The lowest BCUT2D eigenvalue weighted by atomic mass is 10.2. The van der Waals surface area contributed by atoms with E-state index in [0.717, 1.165) is 0 Å². The fraction of sp³-hybridized carbons (Fsp3) is 0.125. The van der Waals surface area contributed by atoms with Gasteiger partial charge in [0.05, 0.1) is 0 Å². The van der Waals surface area contributed by atoms with Gasteiger partial charge in [-0.15, -0.1) is 17.0 Å². The zero-order valence-corrected chi connectivity index (χ0v) is 7.94. The van der Waals surface area contributed by atoms with Crippen LogP contribution in [0.3, 0.4) is 0 Å². The summed E-state index contributed by atoms with van der Waals surface area (Å²) in [5.41, 5.74) is 1.32. The SMILES string of the molecule is Br.Cc1ccccc1.O=CO. The maximum Gasteiger partial charge on any atom is 0.290 e. The molecular formula is C8H11BrO2. The molecule has 0 radical (unpaired) electrons. The van der Waals surface area contributed by atoms with Crippen LogP contribution in [0.1, 0.15) is 5.56 Å². The number of carbonyl (C=O) groups is 1. The van der Waals surface area contributed by atoms with E-state index < -0.39 is 0 Å². The van der Waals surface area contributed by atoms with E-state index >= 15 is 0 Å². The van der Waals surface area contributed by atoms with Crippen LogP contribution in [-0.4, -0.2) is 11.6 Å². The fourth-order valence-electron chi connectivity index (χ4n) is 0.534. The fourth-order valence-corrected chi connectivity index (χ4v) is 0.534. The van der Waals surface area contributed by atoms with Crippen LogP contribution in [0.15, 0.2) is 30.3 Å². The predicted molar refractivity (Wildman–Crippen MR) is 50.2 cm³/mol. The summed E-state index contributed by atoms with van der Waals surface area (Å²) in [6.07, 6.45) is 0. The maximum atomic E-state index is 8.36. The van der Waals surface area contributed by atoms with E-state index in [0.29, 0.717) is 0 Å². The second-order valence-electron chi connectivity index (χ2n) is 1.76. The van der Waals surface area contributed by atoms with Gasteiger partial charge in [0.1, 0.15) is 0 Å².